The zero-order valence-electron chi connectivity index (χ0n) is 30.6. The van der Waals surface area contributed by atoms with Crippen molar-refractivity contribution >= 4 is 56.7 Å². The monoisotopic (exact) mass is 732 g/mol. The van der Waals surface area contributed by atoms with Gasteiger partial charge in [-0.2, -0.15) is 0 Å². The molecule has 0 amide bonds. The summed E-state index contributed by atoms with van der Waals surface area (Å²) < 4.78 is 0. The van der Waals surface area contributed by atoms with Crippen molar-refractivity contribution in [3.05, 3.63) is 241 Å². The maximum Gasteiger partial charge on any atom is 0.0742 e. The molecule has 1 heterocycles. The molecule has 2 aliphatic rings. The minimum absolute atomic E-state index is 0.569. The predicted molar refractivity (Wildman–Crippen MR) is 235 cm³/mol. The van der Waals surface area contributed by atoms with E-state index in [1.165, 1.54) is 59.6 Å². The van der Waals surface area contributed by atoms with E-state index in [2.05, 4.69) is 228 Å². The molecule has 2 nitrogen and oxygen atoms in total. The third-order valence-electron chi connectivity index (χ3n) is 11.5. The average Bonchev–Trinajstić information content (AvgIpc) is 3.56. The van der Waals surface area contributed by atoms with Crippen LogP contribution in [-0.2, 0) is 5.41 Å². The highest BCUT2D eigenvalue weighted by Gasteiger charge is 2.52. The fraction of sp³-hybridized carbons (Fsp3) is 0.0189. The van der Waals surface area contributed by atoms with Crippen molar-refractivity contribution in [3.8, 4) is 11.1 Å². The van der Waals surface area contributed by atoms with E-state index in [1.807, 2.05) is 11.8 Å². The summed E-state index contributed by atoms with van der Waals surface area (Å²) in [6, 6.07) is 79.9. The van der Waals surface area contributed by atoms with Gasteiger partial charge in [-0.05, 0) is 111 Å². The van der Waals surface area contributed by atoms with Crippen molar-refractivity contribution in [2.24, 2.45) is 0 Å². The van der Waals surface area contributed by atoms with Crippen molar-refractivity contribution in [2.75, 3.05) is 9.80 Å². The molecule has 11 rings (SSSR count). The second-order valence-electron chi connectivity index (χ2n) is 14.5. The van der Waals surface area contributed by atoms with Gasteiger partial charge in [0.1, 0.15) is 0 Å². The predicted octanol–water partition coefficient (Wildman–Crippen LogP) is 14.6. The van der Waals surface area contributed by atoms with Gasteiger partial charge in [0.2, 0.25) is 0 Å². The van der Waals surface area contributed by atoms with Gasteiger partial charge in [0.15, 0.2) is 0 Å². The van der Waals surface area contributed by atoms with Gasteiger partial charge in [-0.15, -0.1) is 0 Å². The molecule has 0 radical (unpaired) electrons. The Kier molecular flexibility index (Phi) is 7.68. The first-order valence-corrected chi connectivity index (χ1v) is 20.0. The van der Waals surface area contributed by atoms with Crippen LogP contribution in [0.5, 0.6) is 0 Å². The standard InChI is InChI=1S/C53H36N2S/c1-5-19-38(20-6-1)54(39-21-7-2-8-22-39)42-33-34-46-50(36-42)56-49-35-32-37-18-13-14-27-43(37)52(49)53(46)45-29-16-15-28-44(45)51-47(53)30-17-31-48(51)55(40-23-9-3-10-24-40)41-25-11-4-12-26-41/h1-36H. The van der Waals surface area contributed by atoms with E-state index in [4.69, 9.17) is 0 Å². The molecule has 9 aromatic carbocycles. The SMILES string of the molecule is c1ccc(N(c2ccccc2)c2ccc3c(c2)Sc2ccc4ccccc4c2C32c3ccccc3-c3c(N(c4ccccc4)c4ccccc4)cccc32)cc1. The molecular formula is C53H36N2S. The zero-order chi connectivity index (χ0) is 37.1. The maximum atomic E-state index is 2.43. The molecule has 1 unspecified atom stereocenters. The van der Waals surface area contributed by atoms with E-state index in [0.717, 1.165) is 28.4 Å². The maximum absolute atomic E-state index is 2.43. The van der Waals surface area contributed by atoms with Gasteiger partial charge in [0.05, 0.1) is 11.1 Å². The number of anilines is 6. The van der Waals surface area contributed by atoms with Crippen LogP contribution in [-0.4, -0.2) is 0 Å². The van der Waals surface area contributed by atoms with E-state index in [-0.39, 0.29) is 0 Å². The fourth-order valence-electron chi connectivity index (χ4n) is 9.26. The highest BCUT2D eigenvalue weighted by molar-refractivity contribution is 7.99. The Labute approximate surface area is 332 Å². The normalized spacial score (nSPS) is 14.8. The Morgan fingerprint density at radius 1 is 0.357 bits per heavy atom. The Morgan fingerprint density at radius 2 is 0.911 bits per heavy atom. The molecule has 3 heteroatoms. The van der Waals surface area contributed by atoms with Crippen LogP contribution >= 0.6 is 11.8 Å². The molecule has 1 spiro atoms. The summed E-state index contributed by atoms with van der Waals surface area (Å²) >= 11 is 1.90. The summed E-state index contributed by atoms with van der Waals surface area (Å²) in [6.07, 6.45) is 0. The second-order valence-corrected chi connectivity index (χ2v) is 15.5. The van der Waals surface area contributed by atoms with E-state index in [9.17, 15) is 0 Å². The first-order chi connectivity index (χ1) is 27.8. The molecule has 0 fully saturated rings. The first-order valence-electron chi connectivity index (χ1n) is 19.2. The van der Waals surface area contributed by atoms with Gasteiger partial charge < -0.3 is 9.80 Å². The van der Waals surface area contributed by atoms with Crippen molar-refractivity contribution in [2.45, 2.75) is 15.2 Å². The van der Waals surface area contributed by atoms with Crippen molar-refractivity contribution < 1.29 is 0 Å². The molecule has 9 aromatic rings. The van der Waals surface area contributed by atoms with Crippen LogP contribution in [0.25, 0.3) is 21.9 Å². The highest BCUT2D eigenvalue weighted by atomic mass is 32.2. The van der Waals surface area contributed by atoms with Gasteiger partial charge in [-0.3, -0.25) is 0 Å². The van der Waals surface area contributed by atoms with Crippen molar-refractivity contribution in [3.63, 3.8) is 0 Å². The molecule has 56 heavy (non-hydrogen) atoms. The fourth-order valence-corrected chi connectivity index (χ4v) is 10.5. The van der Waals surface area contributed by atoms with Crippen molar-refractivity contribution in [1.29, 1.82) is 0 Å². The quantitative estimate of drug-likeness (QED) is 0.168. The molecule has 1 aliphatic carbocycles. The number of para-hydroxylation sites is 4. The van der Waals surface area contributed by atoms with Crippen molar-refractivity contribution in [1.82, 2.24) is 0 Å². The molecule has 0 saturated heterocycles. The topological polar surface area (TPSA) is 6.48 Å². The number of nitrogens with zero attached hydrogens (tertiary/aromatic N) is 2. The number of hydrogen-bond acceptors (Lipinski definition) is 3. The lowest BCUT2D eigenvalue weighted by atomic mass is 9.66. The Morgan fingerprint density at radius 3 is 1.57 bits per heavy atom. The summed E-state index contributed by atoms with van der Waals surface area (Å²) in [5.74, 6) is 0. The van der Waals surface area contributed by atoms with Crippen LogP contribution in [0.3, 0.4) is 0 Å². The van der Waals surface area contributed by atoms with Crippen LogP contribution in [0, 0.1) is 0 Å². The molecule has 0 aromatic heterocycles. The minimum atomic E-state index is -0.569. The third kappa shape index (κ3) is 4.91. The van der Waals surface area contributed by atoms with Gasteiger partial charge >= 0.3 is 0 Å². The summed E-state index contributed by atoms with van der Waals surface area (Å²) in [7, 11) is 0. The summed E-state index contributed by atoms with van der Waals surface area (Å²) in [6.45, 7) is 0. The van der Waals surface area contributed by atoms with Gasteiger partial charge in [0, 0.05) is 43.8 Å². The molecule has 0 N–H and O–H groups in total. The molecular weight excluding hydrogens is 697 g/mol. The largest absolute Gasteiger partial charge is 0.310 e. The van der Waals surface area contributed by atoms with Crippen LogP contribution in [0.4, 0.5) is 34.1 Å². The number of rotatable bonds is 6. The van der Waals surface area contributed by atoms with Gasteiger partial charge in [0.25, 0.3) is 0 Å². The Balaban J connectivity index is 1.23. The zero-order valence-corrected chi connectivity index (χ0v) is 31.4. The van der Waals surface area contributed by atoms with Gasteiger partial charge in [-0.1, -0.05) is 157 Å². The van der Waals surface area contributed by atoms with Gasteiger partial charge in [-0.25, -0.2) is 0 Å². The molecule has 0 bridgehead atoms. The molecule has 1 atom stereocenters. The number of hydrogen-bond donors (Lipinski definition) is 0. The van der Waals surface area contributed by atoms with Crippen LogP contribution < -0.4 is 9.80 Å². The summed E-state index contributed by atoms with van der Waals surface area (Å²) in [5.41, 5.74) is 14.1. The summed E-state index contributed by atoms with van der Waals surface area (Å²) in [4.78, 5) is 7.35. The number of fused-ring (bicyclic) bond motifs is 11. The lowest BCUT2D eigenvalue weighted by Crippen LogP contribution is -2.32. The highest BCUT2D eigenvalue weighted by Crippen LogP contribution is 2.65. The Bertz CT molecular complexity index is 2810. The smallest absolute Gasteiger partial charge is 0.0742 e. The minimum Gasteiger partial charge on any atom is -0.310 e. The van der Waals surface area contributed by atoms with E-state index >= 15 is 0 Å². The second kappa shape index (κ2) is 13.2. The lowest BCUT2D eigenvalue weighted by Gasteiger charge is -2.41. The van der Waals surface area contributed by atoms with E-state index < -0.39 is 5.41 Å². The first kappa shape index (κ1) is 32.6. The molecule has 1 aliphatic heterocycles. The third-order valence-corrected chi connectivity index (χ3v) is 12.6. The van der Waals surface area contributed by atoms with E-state index in [0.29, 0.717) is 0 Å². The number of benzene rings is 9. The molecule has 0 saturated carbocycles. The van der Waals surface area contributed by atoms with Crippen LogP contribution in [0.2, 0.25) is 0 Å². The summed E-state index contributed by atoms with van der Waals surface area (Å²) in [5, 5.41) is 2.54. The van der Waals surface area contributed by atoms with E-state index in [1.54, 1.807) is 0 Å². The van der Waals surface area contributed by atoms with Crippen LogP contribution in [0.15, 0.2) is 228 Å². The Hall–Kier alpha value is -6.81. The average molecular weight is 733 g/mol. The molecule has 264 valence electrons. The van der Waals surface area contributed by atoms with Crippen LogP contribution in [0.1, 0.15) is 22.3 Å². The lowest BCUT2D eigenvalue weighted by molar-refractivity contribution is 0.730.